The summed E-state index contributed by atoms with van der Waals surface area (Å²) in [5, 5.41) is 9.75. The van der Waals surface area contributed by atoms with Crippen molar-refractivity contribution in [1.29, 1.82) is 0 Å². The Labute approximate surface area is 111 Å². The van der Waals surface area contributed by atoms with Crippen LogP contribution < -0.4 is 4.74 Å². The molecule has 0 aromatic heterocycles. The van der Waals surface area contributed by atoms with Crippen LogP contribution in [0.1, 0.15) is 54.4 Å². The molecular weight excluding hydrogens is 252 g/mol. The van der Waals surface area contributed by atoms with Gasteiger partial charge < -0.3 is 9.84 Å². The molecule has 1 saturated carbocycles. The predicted molar refractivity (Wildman–Crippen MR) is 68.7 cm³/mol. The Morgan fingerprint density at radius 2 is 2.33 bits per heavy atom. The van der Waals surface area contributed by atoms with Gasteiger partial charge in [-0.2, -0.15) is 0 Å². The van der Waals surface area contributed by atoms with Crippen LogP contribution in [-0.2, 0) is 0 Å². The highest BCUT2D eigenvalue weighted by molar-refractivity contribution is 6.31. The summed E-state index contributed by atoms with van der Waals surface area (Å²) < 4.78 is 6.00. The van der Waals surface area contributed by atoms with Crippen LogP contribution in [-0.4, -0.2) is 16.7 Å². The maximum atomic E-state index is 11.3. The van der Waals surface area contributed by atoms with Crippen molar-refractivity contribution in [1.82, 2.24) is 0 Å². The normalized spacial score (nSPS) is 29.3. The van der Waals surface area contributed by atoms with E-state index in [2.05, 4.69) is 6.92 Å². The lowest BCUT2D eigenvalue weighted by molar-refractivity contribution is 0.0194. The molecule has 96 valence electrons. The Hall–Kier alpha value is -1.22. The molecular formula is C14H15ClO3. The lowest BCUT2D eigenvalue weighted by atomic mass is 9.73. The maximum Gasteiger partial charge on any atom is 0.339 e. The number of carboxylic acid groups (broad SMARTS) is 1. The highest BCUT2D eigenvalue weighted by Crippen LogP contribution is 2.50. The minimum absolute atomic E-state index is 0.190. The van der Waals surface area contributed by atoms with Crippen molar-refractivity contribution in [2.45, 2.75) is 44.1 Å². The van der Waals surface area contributed by atoms with Crippen LogP contribution in [0.2, 0.25) is 5.02 Å². The van der Waals surface area contributed by atoms with E-state index in [0.717, 1.165) is 31.2 Å². The third-order valence-corrected chi connectivity index (χ3v) is 4.26. The van der Waals surface area contributed by atoms with Crippen LogP contribution in [0.25, 0.3) is 0 Å². The Morgan fingerprint density at radius 3 is 3.06 bits per heavy atom. The van der Waals surface area contributed by atoms with Gasteiger partial charge in [0, 0.05) is 5.02 Å². The monoisotopic (exact) mass is 266 g/mol. The largest absolute Gasteiger partial charge is 0.486 e. The van der Waals surface area contributed by atoms with E-state index in [0.29, 0.717) is 16.7 Å². The quantitative estimate of drug-likeness (QED) is 0.840. The first kappa shape index (κ1) is 11.8. The fourth-order valence-corrected chi connectivity index (χ4v) is 3.47. The molecule has 1 aliphatic heterocycles. The molecule has 2 atom stereocenters. The van der Waals surface area contributed by atoms with Gasteiger partial charge >= 0.3 is 5.97 Å². The smallest absolute Gasteiger partial charge is 0.339 e. The predicted octanol–water partition coefficient (Wildman–Crippen LogP) is 3.85. The molecule has 1 aliphatic carbocycles. The van der Waals surface area contributed by atoms with Crippen molar-refractivity contribution in [3.63, 3.8) is 0 Å². The lowest BCUT2D eigenvalue weighted by Crippen LogP contribution is -2.41. The SMILES string of the molecule is CC12CCCC(C1)c1cc(Cl)cc(C(=O)O)c1O2. The third-order valence-electron chi connectivity index (χ3n) is 4.04. The number of benzene rings is 1. The van der Waals surface area contributed by atoms with Crippen LogP contribution in [0, 0.1) is 0 Å². The van der Waals surface area contributed by atoms with Crippen molar-refractivity contribution >= 4 is 17.6 Å². The second kappa shape index (κ2) is 3.89. The van der Waals surface area contributed by atoms with Crippen molar-refractivity contribution < 1.29 is 14.6 Å². The number of hydrogen-bond donors (Lipinski definition) is 1. The second-order valence-corrected chi connectivity index (χ2v) is 5.96. The van der Waals surface area contributed by atoms with Crippen LogP contribution in [0.5, 0.6) is 5.75 Å². The second-order valence-electron chi connectivity index (χ2n) is 5.52. The molecule has 4 heteroatoms. The van der Waals surface area contributed by atoms with Crippen molar-refractivity contribution in [2.75, 3.05) is 0 Å². The fraction of sp³-hybridized carbons (Fsp3) is 0.500. The molecule has 2 aliphatic rings. The number of carboxylic acids is 1. The molecule has 1 fully saturated rings. The zero-order chi connectivity index (χ0) is 12.9. The average Bonchev–Trinajstić information content (AvgIpc) is 2.29. The van der Waals surface area contributed by atoms with Gasteiger partial charge in [-0.05, 0) is 56.2 Å². The molecule has 0 radical (unpaired) electrons. The summed E-state index contributed by atoms with van der Waals surface area (Å²) in [5.74, 6) is -0.0630. The molecule has 3 nitrogen and oxygen atoms in total. The number of carbonyl (C=O) groups is 1. The highest BCUT2D eigenvalue weighted by Gasteiger charge is 2.42. The Bertz CT molecular complexity index is 526. The van der Waals surface area contributed by atoms with Crippen molar-refractivity contribution in [3.05, 3.63) is 28.3 Å². The Morgan fingerprint density at radius 1 is 1.56 bits per heavy atom. The Balaban J connectivity index is 2.19. The molecule has 1 N–H and O–H groups in total. The minimum atomic E-state index is -0.975. The third kappa shape index (κ3) is 1.77. The van der Waals surface area contributed by atoms with E-state index in [4.69, 9.17) is 16.3 Å². The lowest BCUT2D eigenvalue weighted by Gasteiger charge is -2.44. The standard InChI is InChI=1S/C14H15ClO3/c1-14-4-2-3-8(7-14)10-5-9(15)6-11(13(16)17)12(10)18-14/h5-6,8H,2-4,7H2,1H3,(H,16,17). The summed E-state index contributed by atoms with van der Waals surface area (Å²) in [5.41, 5.74) is 0.945. The molecule has 1 aromatic rings. The number of hydrogen-bond acceptors (Lipinski definition) is 2. The Kier molecular flexibility index (Phi) is 2.56. The van der Waals surface area contributed by atoms with E-state index in [1.54, 1.807) is 0 Å². The summed E-state index contributed by atoms with van der Waals surface area (Å²) in [7, 11) is 0. The molecule has 18 heavy (non-hydrogen) atoms. The number of halogens is 1. The highest BCUT2D eigenvalue weighted by atomic mass is 35.5. The van der Waals surface area contributed by atoms with Gasteiger partial charge in [0.15, 0.2) is 0 Å². The first-order chi connectivity index (χ1) is 8.48. The van der Waals surface area contributed by atoms with Crippen LogP contribution in [0.4, 0.5) is 0 Å². The summed E-state index contributed by atoms with van der Waals surface area (Å²) in [6, 6.07) is 3.34. The van der Waals surface area contributed by atoms with E-state index in [-0.39, 0.29) is 11.2 Å². The van der Waals surface area contributed by atoms with E-state index in [1.165, 1.54) is 6.07 Å². The van der Waals surface area contributed by atoms with Gasteiger partial charge in [-0.3, -0.25) is 0 Å². The molecule has 1 aromatic carbocycles. The van der Waals surface area contributed by atoms with E-state index in [1.807, 2.05) is 6.07 Å². The number of aromatic carboxylic acids is 1. The minimum Gasteiger partial charge on any atom is -0.486 e. The average molecular weight is 267 g/mol. The summed E-state index contributed by atoms with van der Waals surface area (Å²) >= 11 is 6.02. The fourth-order valence-electron chi connectivity index (χ4n) is 3.24. The van der Waals surface area contributed by atoms with Gasteiger partial charge in [0.1, 0.15) is 16.9 Å². The first-order valence-electron chi connectivity index (χ1n) is 6.24. The van der Waals surface area contributed by atoms with Gasteiger partial charge in [0.2, 0.25) is 0 Å². The van der Waals surface area contributed by atoms with E-state index in [9.17, 15) is 9.90 Å². The van der Waals surface area contributed by atoms with E-state index >= 15 is 0 Å². The summed E-state index contributed by atoms with van der Waals surface area (Å²) in [6.45, 7) is 2.07. The van der Waals surface area contributed by atoms with Crippen LogP contribution >= 0.6 is 11.6 Å². The first-order valence-corrected chi connectivity index (χ1v) is 6.62. The van der Waals surface area contributed by atoms with Crippen molar-refractivity contribution in [3.8, 4) is 5.75 Å². The maximum absolute atomic E-state index is 11.3. The topological polar surface area (TPSA) is 46.5 Å². The van der Waals surface area contributed by atoms with Gasteiger partial charge in [0.05, 0.1) is 0 Å². The summed E-state index contributed by atoms with van der Waals surface area (Å²) in [6.07, 6.45) is 4.16. The van der Waals surface area contributed by atoms with E-state index < -0.39 is 5.97 Å². The zero-order valence-corrected chi connectivity index (χ0v) is 11.0. The molecule has 0 amide bonds. The molecule has 3 rings (SSSR count). The number of ether oxygens (including phenoxy) is 1. The molecule has 1 heterocycles. The van der Waals surface area contributed by atoms with Crippen molar-refractivity contribution in [2.24, 2.45) is 0 Å². The number of rotatable bonds is 1. The van der Waals surface area contributed by atoms with Gasteiger partial charge in [0.25, 0.3) is 0 Å². The number of fused-ring (bicyclic) bond motifs is 4. The van der Waals surface area contributed by atoms with Crippen LogP contribution in [0.15, 0.2) is 12.1 Å². The van der Waals surface area contributed by atoms with Crippen LogP contribution in [0.3, 0.4) is 0 Å². The van der Waals surface area contributed by atoms with Gasteiger partial charge in [-0.25, -0.2) is 4.79 Å². The molecule has 0 saturated heterocycles. The van der Waals surface area contributed by atoms with Gasteiger partial charge in [-0.1, -0.05) is 11.6 Å². The zero-order valence-electron chi connectivity index (χ0n) is 10.2. The summed E-state index contributed by atoms with van der Waals surface area (Å²) in [4.78, 5) is 11.3. The molecule has 2 unspecified atom stereocenters. The van der Waals surface area contributed by atoms with Gasteiger partial charge in [-0.15, -0.1) is 0 Å². The molecule has 0 spiro atoms. The molecule has 2 bridgehead atoms.